The van der Waals surface area contributed by atoms with Gasteiger partial charge in [-0.1, -0.05) is 12.1 Å². The van der Waals surface area contributed by atoms with Crippen molar-refractivity contribution >= 4 is 10.0 Å². The van der Waals surface area contributed by atoms with E-state index in [1.165, 1.54) is 18.2 Å². The van der Waals surface area contributed by atoms with Crippen LogP contribution >= 0.6 is 0 Å². The van der Waals surface area contributed by atoms with Crippen molar-refractivity contribution in [1.29, 1.82) is 0 Å². The van der Waals surface area contributed by atoms with E-state index in [0.29, 0.717) is 0 Å². The van der Waals surface area contributed by atoms with Crippen LogP contribution in [0.3, 0.4) is 0 Å². The summed E-state index contributed by atoms with van der Waals surface area (Å²) in [6.07, 6.45) is 3.83. The molecule has 0 amide bonds. The van der Waals surface area contributed by atoms with Gasteiger partial charge in [-0.25, -0.2) is 22.5 Å². The van der Waals surface area contributed by atoms with Crippen LogP contribution in [-0.4, -0.2) is 24.5 Å². The summed E-state index contributed by atoms with van der Waals surface area (Å²) in [5.41, 5.74) is 0.930. The van der Waals surface area contributed by atoms with Crippen molar-refractivity contribution in [2.24, 2.45) is 0 Å². The van der Waals surface area contributed by atoms with E-state index >= 15 is 0 Å². The molecule has 0 bridgehead atoms. The molecule has 1 unspecified atom stereocenters. The van der Waals surface area contributed by atoms with Crippen LogP contribution in [0.15, 0.2) is 35.4 Å². The molecular weight excluding hydrogens is 305 g/mol. The fourth-order valence-corrected chi connectivity index (χ4v) is 4.01. The monoisotopic (exact) mass is 323 g/mol. The smallest absolute Gasteiger partial charge is 0.243 e. The van der Waals surface area contributed by atoms with Crippen LogP contribution in [0.1, 0.15) is 30.3 Å². The van der Waals surface area contributed by atoms with Gasteiger partial charge in [-0.05, 0) is 31.9 Å². The molecule has 22 heavy (non-hydrogen) atoms. The number of aryl methyl sites for hydroxylation is 2. The third kappa shape index (κ3) is 2.91. The number of benzene rings is 1. The standard InChI is InChI=1S/C15H18FN3O2S/c1-11-10-19-8-4-5-12(15(19)18-11)9-17-22(20,21)14-7-3-2-6-13(14)16/h2-3,6-7,10,12,17H,4-5,8-9H2,1H3. The van der Waals surface area contributed by atoms with Gasteiger partial charge in [-0.15, -0.1) is 0 Å². The number of sulfonamides is 1. The molecule has 0 saturated heterocycles. The predicted octanol–water partition coefficient (Wildman–Crippen LogP) is 2.19. The number of hydrogen-bond donors (Lipinski definition) is 1. The molecule has 1 aliphatic rings. The molecule has 2 heterocycles. The first-order valence-corrected chi connectivity index (χ1v) is 8.73. The molecule has 1 N–H and O–H groups in total. The minimum atomic E-state index is -3.85. The Balaban J connectivity index is 1.77. The van der Waals surface area contributed by atoms with Crippen molar-refractivity contribution in [2.75, 3.05) is 6.54 Å². The van der Waals surface area contributed by atoms with Crippen molar-refractivity contribution in [2.45, 2.75) is 37.1 Å². The molecule has 1 aromatic heterocycles. The van der Waals surface area contributed by atoms with E-state index in [9.17, 15) is 12.8 Å². The average Bonchev–Trinajstić information content (AvgIpc) is 2.86. The maximum absolute atomic E-state index is 13.7. The van der Waals surface area contributed by atoms with Gasteiger partial charge >= 0.3 is 0 Å². The highest BCUT2D eigenvalue weighted by Gasteiger charge is 2.25. The molecule has 7 heteroatoms. The topological polar surface area (TPSA) is 64.0 Å². The number of nitrogens with zero attached hydrogens (tertiary/aromatic N) is 2. The van der Waals surface area contributed by atoms with E-state index in [-0.39, 0.29) is 17.4 Å². The average molecular weight is 323 g/mol. The number of rotatable bonds is 4. The Kier molecular flexibility index (Phi) is 4.01. The largest absolute Gasteiger partial charge is 0.334 e. The SMILES string of the molecule is Cc1cn2c(n1)C(CNS(=O)(=O)c1ccccc1F)CCC2. The van der Waals surface area contributed by atoms with E-state index in [0.717, 1.165) is 37.0 Å². The van der Waals surface area contributed by atoms with Gasteiger partial charge in [0.05, 0.1) is 5.69 Å². The van der Waals surface area contributed by atoms with Crippen molar-refractivity contribution in [3.05, 3.63) is 47.8 Å². The first-order valence-electron chi connectivity index (χ1n) is 7.25. The molecular formula is C15H18FN3O2S. The summed E-state index contributed by atoms with van der Waals surface area (Å²) in [5.74, 6) is 0.181. The zero-order valence-electron chi connectivity index (χ0n) is 12.3. The van der Waals surface area contributed by atoms with Crippen LogP contribution in [0.25, 0.3) is 0 Å². The summed E-state index contributed by atoms with van der Waals surface area (Å²) >= 11 is 0. The highest BCUT2D eigenvalue weighted by molar-refractivity contribution is 7.89. The molecule has 2 aromatic rings. The van der Waals surface area contributed by atoms with Crippen molar-refractivity contribution in [3.8, 4) is 0 Å². The van der Waals surface area contributed by atoms with Crippen molar-refractivity contribution < 1.29 is 12.8 Å². The Hall–Kier alpha value is -1.73. The third-order valence-corrected chi connectivity index (χ3v) is 5.35. The lowest BCUT2D eigenvalue weighted by Crippen LogP contribution is -2.31. The van der Waals surface area contributed by atoms with Gasteiger partial charge in [-0.2, -0.15) is 0 Å². The maximum atomic E-state index is 13.7. The van der Waals surface area contributed by atoms with E-state index in [2.05, 4.69) is 14.3 Å². The normalized spacial score (nSPS) is 18.2. The summed E-state index contributed by atoms with van der Waals surface area (Å²) in [7, 11) is -3.85. The van der Waals surface area contributed by atoms with Crippen molar-refractivity contribution in [3.63, 3.8) is 0 Å². The summed E-state index contributed by atoms with van der Waals surface area (Å²) < 4.78 is 42.7. The molecule has 0 spiro atoms. The summed E-state index contributed by atoms with van der Waals surface area (Å²) in [5, 5.41) is 0. The number of hydrogen-bond acceptors (Lipinski definition) is 3. The van der Waals surface area contributed by atoms with Crippen LogP contribution in [0, 0.1) is 12.7 Å². The van der Waals surface area contributed by atoms with Gasteiger partial charge in [0.1, 0.15) is 16.5 Å². The van der Waals surface area contributed by atoms with Crippen LogP contribution in [0.4, 0.5) is 4.39 Å². The van der Waals surface area contributed by atoms with Gasteiger partial charge in [0, 0.05) is 25.2 Å². The first-order chi connectivity index (χ1) is 10.5. The summed E-state index contributed by atoms with van der Waals surface area (Å²) in [6, 6.07) is 5.39. The maximum Gasteiger partial charge on any atom is 0.243 e. The van der Waals surface area contributed by atoms with Crippen LogP contribution in [0.2, 0.25) is 0 Å². The van der Waals surface area contributed by atoms with Crippen LogP contribution < -0.4 is 4.72 Å². The molecule has 5 nitrogen and oxygen atoms in total. The summed E-state index contributed by atoms with van der Waals surface area (Å²) in [4.78, 5) is 4.16. The number of imidazole rings is 1. The molecule has 3 rings (SSSR count). The lowest BCUT2D eigenvalue weighted by atomic mass is 9.99. The molecule has 0 aliphatic carbocycles. The van der Waals surface area contributed by atoms with E-state index < -0.39 is 15.8 Å². The van der Waals surface area contributed by atoms with Gasteiger partial charge in [0.15, 0.2) is 0 Å². The Morgan fingerprint density at radius 1 is 1.41 bits per heavy atom. The second-order valence-corrected chi connectivity index (χ2v) is 7.29. The van der Waals surface area contributed by atoms with E-state index in [1.54, 1.807) is 0 Å². The second-order valence-electron chi connectivity index (χ2n) is 5.56. The predicted molar refractivity (Wildman–Crippen MR) is 80.5 cm³/mol. The highest BCUT2D eigenvalue weighted by atomic mass is 32.2. The van der Waals surface area contributed by atoms with Crippen LogP contribution in [-0.2, 0) is 16.6 Å². The quantitative estimate of drug-likeness (QED) is 0.938. The zero-order valence-corrected chi connectivity index (χ0v) is 13.1. The molecule has 0 fully saturated rings. The van der Waals surface area contributed by atoms with Gasteiger partial charge in [0.25, 0.3) is 0 Å². The lowest BCUT2D eigenvalue weighted by molar-refractivity contribution is 0.437. The van der Waals surface area contributed by atoms with Gasteiger partial charge in [0.2, 0.25) is 10.0 Å². The fourth-order valence-electron chi connectivity index (χ4n) is 2.85. The minimum absolute atomic E-state index is 0.0176. The minimum Gasteiger partial charge on any atom is -0.334 e. The molecule has 0 radical (unpaired) electrons. The Morgan fingerprint density at radius 3 is 2.95 bits per heavy atom. The number of halogens is 1. The van der Waals surface area contributed by atoms with Crippen molar-refractivity contribution in [1.82, 2.24) is 14.3 Å². The second kappa shape index (κ2) is 5.81. The van der Waals surface area contributed by atoms with E-state index in [1.807, 2.05) is 13.1 Å². The molecule has 1 aromatic carbocycles. The first kappa shape index (κ1) is 15.2. The van der Waals surface area contributed by atoms with Crippen LogP contribution in [0.5, 0.6) is 0 Å². The Bertz CT molecular complexity index is 786. The third-order valence-electron chi connectivity index (χ3n) is 3.89. The van der Waals surface area contributed by atoms with Gasteiger partial charge in [-0.3, -0.25) is 0 Å². The Labute approximate surface area is 129 Å². The molecule has 118 valence electrons. The lowest BCUT2D eigenvalue weighted by Gasteiger charge is -2.23. The Morgan fingerprint density at radius 2 is 2.18 bits per heavy atom. The fraction of sp³-hybridized carbons (Fsp3) is 0.400. The molecule has 0 saturated carbocycles. The van der Waals surface area contributed by atoms with Gasteiger partial charge < -0.3 is 4.57 Å². The highest BCUT2D eigenvalue weighted by Crippen LogP contribution is 2.26. The zero-order chi connectivity index (χ0) is 15.7. The molecule has 1 aliphatic heterocycles. The van der Waals surface area contributed by atoms with E-state index in [4.69, 9.17) is 0 Å². The number of nitrogens with one attached hydrogen (secondary N) is 1. The number of fused-ring (bicyclic) bond motifs is 1. The number of aromatic nitrogens is 2. The molecule has 1 atom stereocenters. The summed E-state index contributed by atoms with van der Waals surface area (Å²) in [6.45, 7) is 3.06.